The van der Waals surface area contributed by atoms with Gasteiger partial charge in [-0.3, -0.25) is 14.9 Å². The fourth-order valence-electron chi connectivity index (χ4n) is 2.14. The molecule has 0 spiro atoms. The highest BCUT2D eigenvalue weighted by molar-refractivity contribution is 6.42. The van der Waals surface area contributed by atoms with Crippen LogP contribution in [0.2, 0.25) is 10.0 Å². The van der Waals surface area contributed by atoms with Crippen LogP contribution in [0.25, 0.3) is 6.08 Å². The Morgan fingerprint density at radius 3 is 2.43 bits per heavy atom. The van der Waals surface area contributed by atoms with E-state index in [0.29, 0.717) is 16.7 Å². The largest absolute Gasteiger partial charge is 0.452 e. The second kappa shape index (κ2) is 9.59. The van der Waals surface area contributed by atoms with Crippen LogP contribution in [0.5, 0.6) is 0 Å². The van der Waals surface area contributed by atoms with Crippen LogP contribution in [0, 0.1) is 10.1 Å². The van der Waals surface area contributed by atoms with E-state index in [1.165, 1.54) is 18.2 Å². The number of nitrogens with zero attached hydrogens (tertiary/aromatic N) is 1. The zero-order valence-corrected chi connectivity index (χ0v) is 16.2. The third-order valence-electron chi connectivity index (χ3n) is 3.49. The van der Waals surface area contributed by atoms with Crippen molar-refractivity contribution in [1.82, 2.24) is 0 Å². The highest BCUT2D eigenvalue weighted by Crippen LogP contribution is 2.37. The van der Waals surface area contributed by atoms with E-state index in [4.69, 9.17) is 23.2 Å². The molecule has 0 radical (unpaired) electrons. The number of ether oxygens (including phenoxy) is 1. The zero-order chi connectivity index (χ0) is 22.5. The molecule has 7 nitrogen and oxygen atoms in total. The molecule has 158 valence electrons. The number of nitrogens with one attached hydrogen (secondary N) is 1. The van der Waals surface area contributed by atoms with Crippen LogP contribution in [0.4, 0.5) is 24.5 Å². The number of benzene rings is 2. The molecule has 0 fully saturated rings. The Hall–Kier alpha value is -3.11. The monoisotopic (exact) mass is 462 g/mol. The first kappa shape index (κ1) is 23.2. The summed E-state index contributed by atoms with van der Waals surface area (Å²) in [6.07, 6.45) is -2.63. The molecule has 0 aliphatic carbocycles. The van der Waals surface area contributed by atoms with Crippen molar-refractivity contribution in [3.05, 3.63) is 73.8 Å². The number of hydrogen-bond donors (Lipinski definition) is 1. The van der Waals surface area contributed by atoms with Crippen molar-refractivity contribution in [3.8, 4) is 0 Å². The second-order valence-corrected chi connectivity index (χ2v) is 6.46. The maximum Gasteiger partial charge on any atom is 0.418 e. The predicted molar refractivity (Wildman–Crippen MR) is 103 cm³/mol. The summed E-state index contributed by atoms with van der Waals surface area (Å²) >= 11 is 11.6. The fraction of sp³-hybridized carbons (Fsp3) is 0.111. The highest BCUT2D eigenvalue weighted by Gasteiger charge is 2.35. The van der Waals surface area contributed by atoms with Crippen molar-refractivity contribution >= 4 is 52.5 Å². The molecule has 0 atom stereocenters. The van der Waals surface area contributed by atoms with Gasteiger partial charge in [-0.1, -0.05) is 29.3 Å². The van der Waals surface area contributed by atoms with Crippen LogP contribution >= 0.6 is 23.2 Å². The van der Waals surface area contributed by atoms with E-state index in [0.717, 1.165) is 18.2 Å². The number of halogens is 5. The SMILES string of the molecule is O=C(COC(=O)/C=C/c1ccc(Cl)c(Cl)c1)Nc1ccc([N+](=O)[O-])cc1C(F)(F)F. The molecule has 0 bridgehead atoms. The third kappa shape index (κ3) is 6.46. The number of alkyl halides is 3. The Balaban J connectivity index is 2.00. The molecule has 1 amide bonds. The average molecular weight is 463 g/mol. The van der Waals surface area contributed by atoms with E-state index in [2.05, 4.69) is 4.74 Å². The number of hydrogen-bond acceptors (Lipinski definition) is 5. The van der Waals surface area contributed by atoms with Gasteiger partial charge in [0.25, 0.3) is 11.6 Å². The molecule has 0 aliphatic heterocycles. The molecule has 0 unspecified atom stereocenters. The van der Waals surface area contributed by atoms with Gasteiger partial charge in [0.2, 0.25) is 0 Å². The maximum absolute atomic E-state index is 13.1. The van der Waals surface area contributed by atoms with Crippen molar-refractivity contribution in [2.24, 2.45) is 0 Å². The number of amides is 1. The molecule has 30 heavy (non-hydrogen) atoms. The quantitative estimate of drug-likeness (QED) is 0.278. The van der Waals surface area contributed by atoms with Gasteiger partial charge >= 0.3 is 12.1 Å². The number of non-ortho nitro benzene ring substituents is 1. The molecular weight excluding hydrogens is 452 g/mol. The Morgan fingerprint density at radius 2 is 1.83 bits per heavy atom. The Morgan fingerprint density at radius 1 is 1.13 bits per heavy atom. The smallest absolute Gasteiger partial charge is 0.418 e. The number of carbonyl (C=O) groups is 2. The van der Waals surface area contributed by atoms with Gasteiger partial charge in [-0.15, -0.1) is 0 Å². The maximum atomic E-state index is 13.1. The first-order valence-corrected chi connectivity index (χ1v) is 8.68. The number of nitro benzene ring substituents is 1. The van der Waals surface area contributed by atoms with E-state index < -0.39 is 46.5 Å². The molecular formula is C18H11Cl2F3N2O5. The highest BCUT2D eigenvalue weighted by atomic mass is 35.5. The summed E-state index contributed by atoms with van der Waals surface area (Å²) in [5, 5.41) is 13.2. The predicted octanol–water partition coefficient (Wildman–Crippen LogP) is 5.12. The van der Waals surface area contributed by atoms with Crippen LogP contribution < -0.4 is 5.32 Å². The summed E-state index contributed by atoms with van der Waals surface area (Å²) in [6, 6.07) is 6.39. The molecule has 0 saturated heterocycles. The summed E-state index contributed by atoms with van der Waals surface area (Å²) in [5.41, 5.74) is -2.39. The lowest BCUT2D eigenvalue weighted by atomic mass is 10.1. The number of anilines is 1. The van der Waals surface area contributed by atoms with E-state index in [-0.39, 0.29) is 5.02 Å². The van der Waals surface area contributed by atoms with Gasteiger partial charge < -0.3 is 10.1 Å². The van der Waals surface area contributed by atoms with Gasteiger partial charge in [0.1, 0.15) is 0 Å². The first-order valence-electron chi connectivity index (χ1n) is 7.93. The molecule has 2 rings (SSSR count). The number of esters is 1. The lowest BCUT2D eigenvalue weighted by Crippen LogP contribution is -2.22. The van der Waals surface area contributed by atoms with Crippen molar-refractivity contribution in [2.45, 2.75) is 6.18 Å². The first-order chi connectivity index (χ1) is 14.0. The molecule has 2 aromatic carbocycles. The Kier molecular flexibility index (Phi) is 7.41. The van der Waals surface area contributed by atoms with Crippen molar-refractivity contribution in [3.63, 3.8) is 0 Å². The molecule has 12 heteroatoms. The summed E-state index contributed by atoms with van der Waals surface area (Å²) in [6.45, 7) is -0.876. The minimum absolute atomic E-state index is 0.259. The minimum Gasteiger partial charge on any atom is -0.452 e. The molecule has 0 aromatic heterocycles. The van der Waals surface area contributed by atoms with Gasteiger partial charge in [-0.2, -0.15) is 13.2 Å². The van der Waals surface area contributed by atoms with Gasteiger partial charge in [0.05, 0.1) is 26.2 Å². The van der Waals surface area contributed by atoms with Crippen LogP contribution in [0.1, 0.15) is 11.1 Å². The lowest BCUT2D eigenvalue weighted by Gasteiger charge is -2.13. The van der Waals surface area contributed by atoms with Crippen LogP contribution in [0.15, 0.2) is 42.5 Å². The normalized spacial score (nSPS) is 11.4. The van der Waals surface area contributed by atoms with E-state index >= 15 is 0 Å². The lowest BCUT2D eigenvalue weighted by molar-refractivity contribution is -0.385. The Bertz CT molecular complexity index is 1030. The molecule has 0 aliphatic rings. The summed E-state index contributed by atoms with van der Waals surface area (Å²) in [7, 11) is 0. The summed E-state index contributed by atoms with van der Waals surface area (Å²) in [4.78, 5) is 33.2. The summed E-state index contributed by atoms with van der Waals surface area (Å²) in [5.74, 6) is -2.00. The van der Waals surface area contributed by atoms with E-state index in [9.17, 15) is 32.9 Å². The zero-order valence-electron chi connectivity index (χ0n) is 14.7. The topological polar surface area (TPSA) is 98.5 Å². The molecule has 0 saturated carbocycles. The van der Waals surface area contributed by atoms with Crippen molar-refractivity contribution in [2.75, 3.05) is 11.9 Å². The standard InChI is InChI=1S/C18H11Cl2F3N2O5/c19-13-4-1-10(7-14(13)20)2-6-17(27)30-9-16(26)24-15-5-3-11(25(28)29)8-12(15)18(21,22)23/h1-8H,9H2,(H,24,26)/b6-2+. The molecule has 1 N–H and O–H groups in total. The van der Waals surface area contributed by atoms with Gasteiger partial charge in [-0.25, -0.2) is 4.79 Å². The molecule has 0 heterocycles. The van der Waals surface area contributed by atoms with Crippen LogP contribution in [-0.4, -0.2) is 23.4 Å². The number of rotatable bonds is 6. The van der Waals surface area contributed by atoms with Crippen molar-refractivity contribution < 1.29 is 32.4 Å². The number of carbonyl (C=O) groups excluding carboxylic acids is 2. The van der Waals surface area contributed by atoms with Gasteiger partial charge in [0.15, 0.2) is 6.61 Å². The number of nitro groups is 1. The minimum atomic E-state index is -4.95. The summed E-state index contributed by atoms with van der Waals surface area (Å²) < 4.78 is 43.9. The Labute approximate surface area is 177 Å². The van der Waals surface area contributed by atoms with Crippen LogP contribution in [0.3, 0.4) is 0 Å². The third-order valence-corrected chi connectivity index (χ3v) is 4.23. The average Bonchev–Trinajstić information content (AvgIpc) is 2.66. The fourth-order valence-corrected chi connectivity index (χ4v) is 2.45. The second-order valence-electron chi connectivity index (χ2n) is 5.65. The van der Waals surface area contributed by atoms with E-state index in [1.54, 1.807) is 6.07 Å². The van der Waals surface area contributed by atoms with Gasteiger partial charge in [-0.05, 0) is 29.8 Å². The van der Waals surface area contributed by atoms with Crippen molar-refractivity contribution in [1.29, 1.82) is 0 Å². The van der Waals surface area contributed by atoms with Crippen LogP contribution in [-0.2, 0) is 20.5 Å². The van der Waals surface area contributed by atoms with E-state index in [1.807, 2.05) is 5.32 Å². The molecule has 2 aromatic rings. The van der Waals surface area contributed by atoms with Gasteiger partial charge in [0, 0.05) is 18.2 Å².